The number of thiophene rings is 1. The Morgan fingerprint density at radius 1 is 1.08 bits per heavy atom. The fourth-order valence-corrected chi connectivity index (χ4v) is 3.64. The molecule has 0 unspecified atom stereocenters. The third kappa shape index (κ3) is 3.64. The Labute approximate surface area is 149 Å². The van der Waals surface area contributed by atoms with Crippen molar-refractivity contribution in [2.75, 3.05) is 19.5 Å². The predicted molar refractivity (Wildman–Crippen MR) is 98.5 cm³/mol. The van der Waals surface area contributed by atoms with Crippen molar-refractivity contribution in [1.82, 2.24) is 0 Å². The summed E-state index contributed by atoms with van der Waals surface area (Å²) in [6, 6.07) is 15.0. The van der Waals surface area contributed by atoms with E-state index in [4.69, 9.17) is 9.47 Å². The van der Waals surface area contributed by atoms with Crippen LogP contribution in [0.15, 0.2) is 48.5 Å². The maximum atomic E-state index is 12.2. The average Bonchev–Trinajstić information content (AvgIpc) is 2.99. The van der Waals surface area contributed by atoms with Gasteiger partial charge in [0.15, 0.2) is 10.6 Å². The molecule has 0 atom stereocenters. The molecule has 3 rings (SSSR count). The second kappa shape index (κ2) is 7.36. The Bertz CT molecular complexity index is 918. The van der Waals surface area contributed by atoms with E-state index < -0.39 is 5.97 Å². The summed E-state index contributed by atoms with van der Waals surface area (Å²) in [5.41, 5.74) is 1.60. The Hall–Kier alpha value is -2.86. The van der Waals surface area contributed by atoms with E-state index in [2.05, 4.69) is 5.32 Å². The van der Waals surface area contributed by atoms with Crippen molar-refractivity contribution in [3.8, 4) is 5.75 Å². The molecule has 6 heteroatoms. The third-order valence-corrected chi connectivity index (χ3v) is 4.84. The van der Waals surface area contributed by atoms with Crippen LogP contribution in [0.5, 0.6) is 5.75 Å². The van der Waals surface area contributed by atoms with Crippen molar-refractivity contribution in [1.29, 1.82) is 0 Å². The van der Waals surface area contributed by atoms with E-state index in [-0.39, 0.29) is 5.91 Å². The SMILES string of the molecule is COC(=O)c1sc2ccc(NC(=O)Cc3ccccc3)cc2c1OC. The van der Waals surface area contributed by atoms with Gasteiger partial charge in [0.25, 0.3) is 0 Å². The molecule has 25 heavy (non-hydrogen) atoms. The topological polar surface area (TPSA) is 64.6 Å². The molecule has 0 bridgehead atoms. The normalized spacial score (nSPS) is 10.5. The first-order valence-electron chi connectivity index (χ1n) is 7.65. The zero-order valence-electron chi connectivity index (χ0n) is 13.9. The summed E-state index contributed by atoms with van der Waals surface area (Å²) >= 11 is 1.30. The van der Waals surface area contributed by atoms with Crippen LogP contribution in [-0.4, -0.2) is 26.1 Å². The van der Waals surface area contributed by atoms with Gasteiger partial charge >= 0.3 is 5.97 Å². The van der Waals surface area contributed by atoms with Gasteiger partial charge in [0, 0.05) is 15.8 Å². The molecule has 1 heterocycles. The van der Waals surface area contributed by atoms with Gasteiger partial charge in [-0.3, -0.25) is 4.79 Å². The van der Waals surface area contributed by atoms with Crippen molar-refractivity contribution in [2.24, 2.45) is 0 Å². The van der Waals surface area contributed by atoms with Crippen LogP contribution in [0.2, 0.25) is 0 Å². The van der Waals surface area contributed by atoms with Crippen LogP contribution < -0.4 is 10.1 Å². The molecule has 128 valence electrons. The highest BCUT2D eigenvalue weighted by molar-refractivity contribution is 7.21. The number of carbonyl (C=O) groups is 2. The molecule has 2 aromatic carbocycles. The fraction of sp³-hybridized carbons (Fsp3) is 0.158. The highest BCUT2D eigenvalue weighted by atomic mass is 32.1. The summed E-state index contributed by atoms with van der Waals surface area (Å²) in [7, 11) is 2.84. The number of hydrogen-bond donors (Lipinski definition) is 1. The van der Waals surface area contributed by atoms with Gasteiger partial charge in [-0.05, 0) is 23.8 Å². The summed E-state index contributed by atoms with van der Waals surface area (Å²) < 4.78 is 11.1. The van der Waals surface area contributed by atoms with Gasteiger partial charge in [0.1, 0.15) is 0 Å². The molecule has 1 aromatic heterocycles. The van der Waals surface area contributed by atoms with E-state index in [0.717, 1.165) is 15.6 Å². The lowest BCUT2D eigenvalue weighted by molar-refractivity contribution is -0.115. The first-order valence-corrected chi connectivity index (χ1v) is 8.46. The number of carbonyl (C=O) groups excluding carboxylic acids is 2. The number of amides is 1. The standard InChI is InChI=1S/C19H17NO4S/c1-23-17-14-11-13(8-9-15(14)25-18(17)19(22)24-2)20-16(21)10-12-6-4-3-5-7-12/h3-9,11H,10H2,1-2H3,(H,20,21). The number of rotatable bonds is 5. The minimum atomic E-state index is -0.437. The van der Waals surface area contributed by atoms with Crippen LogP contribution in [-0.2, 0) is 16.0 Å². The number of esters is 1. The number of methoxy groups -OCH3 is 2. The number of anilines is 1. The first kappa shape index (κ1) is 17.0. The number of nitrogens with one attached hydrogen (secondary N) is 1. The summed E-state index contributed by atoms with van der Waals surface area (Å²) in [6.07, 6.45) is 0.299. The second-order valence-corrected chi connectivity index (χ2v) is 6.43. The number of ether oxygens (including phenoxy) is 2. The number of benzene rings is 2. The Morgan fingerprint density at radius 3 is 2.52 bits per heavy atom. The molecule has 0 saturated heterocycles. The van der Waals surface area contributed by atoms with Gasteiger partial charge in [-0.1, -0.05) is 30.3 Å². The lowest BCUT2D eigenvalue weighted by atomic mass is 10.1. The van der Waals surface area contributed by atoms with Crippen molar-refractivity contribution in [2.45, 2.75) is 6.42 Å². The quantitative estimate of drug-likeness (QED) is 0.706. The van der Waals surface area contributed by atoms with Crippen LogP contribution in [0.4, 0.5) is 5.69 Å². The highest BCUT2D eigenvalue weighted by Crippen LogP contribution is 2.39. The second-order valence-electron chi connectivity index (χ2n) is 5.38. The monoisotopic (exact) mass is 355 g/mol. The molecular weight excluding hydrogens is 338 g/mol. The summed E-state index contributed by atoms with van der Waals surface area (Å²) in [6.45, 7) is 0. The summed E-state index contributed by atoms with van der Waals surface area (Å²) in [5.74, 6) is -0.0772. The van der Waals surface area contributed by atoms with Crippen molar-refractivity contribution in [3.05, 3.63) is 59.0 Å². The van der Waals surface area contributed by atoms with Crippen LogP contribution in [0, 0.1) is 0 Å². The van der Waals surface area contributed by atoms with Gasteiger partial charge in [-0.2, -0.15) is 0 Å². The fourth-order valence-electron chi connectivity index (χ4n) is 2.57. The maximum Gasteiger partial charge on any atom is 0.351 e. The average molecular weight is 355 g/mol. The summed E-state index contributed by atoms with van der Waals surface area (Å²) in [5, 5.41) is 3.65. The van der Waals surface area contributed by atoms with Crippen molar-refractivity contribution >= 4 is 39.0 Å². The minimum Gasteiger partial charge on any atom is -0.494 e. The van der Waals surface area contributed by atoms with Crippen LogP contribution >= 0.6 is 11.3 Å². The molecule has 1 amide bonds. The van der Waals surface area contributed by atoms with E-state index in [0.29, 0.717) is 22.7 Å². The lowest BCUT2D eigenvalue weighted by Gasteiger charge is -2.06. The molecule has 5 nitrogen and oxygen atoms in total. The molecule has 0 spiro atoms. The van der Waals surface area contributed by atoms with Crippen molar-refractivity contribution in [3.63, 3.8) is 0 Å². The highest BCUT2D eigenvalue weighted by Gasteiger charge is 2.20. The van der Waals surface area contributed by atoms with E-state index in [1.807, 2.05) is 42.5 Å². The van der Waals surface area contributed by atoms with E-state index in [1.54, 1.807) is 6.07 Å². The third-order valence-electron chi connectivity index (χ3n) is 3.71. The Morgan fingerprint density at radius 2 is 1.84 bits per heavy atom. The molecule has 0 aliphatic carbocycles. The molecule has 0 radical (unpaired) electrons. The molecule has 0 aliphatic heterocycles. The Balaban J connectivity index is 1.85. The van der Waals surface area contributed by atoms with Gasteiger partial charge in [-0.15, -0.1) is 11.3 Å². The number of fused-ring (bicyclic) bond motifs is 1. The zero-order valence-corrected chi connectivity index (χ0v) is 14.7. The molecule has 3 aromatic rings. The van der Waals surface area contributed by atoms with E-state index in [1.165, 1.54) is 25.6 Å². The smallest absolute Gasteiger partial charge is 0.351 e. The lowest BCUT2D eigenvalue weighted by Crippen LogP contribution is -2.14. The van der Waals surface area contributed by atoms with Gasteiger partial charge in [-0.25, -0.2) is 4.79 Å². The first-order chi connectivity index (χ1) is 12.1. The van der Waals surface area contributed by atoms with Gasteiger partial charge in [0.05, 0.1) is 20.6 Å². The summed E-state index contributed by atoms with van der Waals surface area (Å²) in [4.78, 5) is 24.5. The molecule has 0 fully saturated rings. The molecule has 0 saturated carbocycles. The minimum absolute atomic E-state index is 0.104. The van der Waals surface area contributed by atoms with Crippen molar-refractivity contribution < 1.29 is 19.1 Å². The Kier molecular flexibility index (Phi) is 5.00. The molecular formula is C19H17NO4S. The molecule has 1 N–H and O–H groups in total. The van der Waals surface area contributed by atoms with E-state index >= 15 is 0 Å². The predicted octanol–water partition coefficient (Wildman–Crippen LogP) is 3.88. The van der Waals surface area contributed by atoms with Crippen LogP contribution in [0.1, 0.15) is 15.2 Å². The van der Waals surface area contributed by atoms with Gasteiger partial charge in [0.2, 0.25) is 5.91 Å². The zero-order chi connectivity index (χ0) is 17.8. The van der Waals surface area contributed by atoms with E-state index in [9.17, 15) is 9.59 Å². The largest absolute Gasteiger partial charge is 0.494 e. The van der Waals surface area contributed by atoms with Crippen LogP contribution in [0.3, 0.4) is 0 Å². The van der Waals surface area contributed by atoms with Gasteiger partial charge < -0.3 is 14.8 Å². The number of hydrogen-bond acceptors (Lipinski definition) is 5. The maximum absolute atomic E-state index is 12.2. The molecule has 0 aliphatic rings. The van der Waals surface area contributed by atoms with Crippen LogP contribution in [0.25, 0.3) is 10.1 Å².